The van der Waals surface area contributed by atoms with Crippen molar-refractivity contribution in [2.45, 2.75) is 32.6 Å². The highest BCUT2D eigenvalue weighted by molar-refractivity contribution is 5.99. The van der Waals surface area contributed by atoms with E-state index in [1.165, 1.54) is 27.5 Å². The van der Waals surface area contributed by atoms with Crippen LogP contribution in [0.15, 0.2) is 60.7 Å². The number of nitrogens with two attached hydrogens (primary N) is 1. The fourth-order valence-corrected chi connectivity index (χ4v) is 3.14. The molecule has 0 amide bonds. The van der Waals surface area contributed by atoms with Crippen molar-refractivity contribution in [2.75, 3.05) is 0 Å². The van der Waals surface area contributed by atoms with Gasteiger partial charge in [0.15, 0.2) is 0 Å². The first-order valence-electron chi connectivity index (χ1n) is 8.31. The molecule has 0 unspecified atom stereocenters. The molecule has 0 fully saturated rings. The van der Waals surface area contributed by atoms with Crippen LogP contribution in [0.2, 0.25) is 0 Å². The maximum Gasteiger partial charge on any atom is 0.0950 e. The van der Waals surface area contributed by atoms with Crippen LogP contribution < -0.4 is 5.73 Å². The molecule has 0 aliphatic carbocycles. The molecule has 0 saturated heterocycles. The van der Waals surface area contributed by atoms with E-state index in [1.54, 1.807) is 0 Å². The van der Waals surface area contributed by atoms with Gasteiger partial charge in [0.2, 0.25) is 0 Å². The molecule has 0 aromatic heterocycles. The molecule has 122 valence electrons. The predicted octanol–water partition coefficient (Wildman–Crippen LogP) is 5.28. The first kappa shape index (κ1) is 16.3. The van der Waals surface area contributed by atoms with E-state index in [1.807, 2.05) is 6.07 Å². The number of hydrogen-bond acceptors (Lipinski definition) is 1. The number of benzene rings is 3. The minimum Gasteiger partial charge on any atom is -0.387 e. The first-order valence-corrected chi connectivity index (χ1v) is 8.31. The first-order chi connectivity index (χ1) is 11.4. The summed E-state index contributed by atoms with van der Waals surface area (Å²) >= 11 is 0. The molecule has 3 rings (SSSR count). The van der Waals surface area contributed by atoms with Gasteiger partial charge in [-0.3, -0.25) is 5.41 Å². The summed E-state index contributed by atoms with van der Waals surface area (Å²) in [7, 11) is 0. The van der Waals surface area contributed by atoms with Gasteiger partial charge in [-0.05, 0) is 38.4 Å². The number of fused-ring (bicyclic) bond motifs is 1. The number of amidine groups is 1. The Labute approximate surface area is 143 Å². The fourth-order valence-electron chi connectivity index (χ4n) is 3.14. The number of nitrogens with one attached hydrogen (secondary N) is 1. The zero-order valence-corrected chi connectivity index (χ0v) is 14.6. The van der Waals surface area contributed by atoms with Crippen LogP contribution in [0, 0.1) is 5.41 Å². The fraction of sp³-hybridized carbons (Fsp3) is 0.227. The van der Waals surface area contributed by atoms with Crippen LogP contribution in [0.25, 0.3) is 21.9 Å². The molecule has 3 N–H and O–H groups in total. The van der Waals surface area contributed by atoms with Gasteiger partial charge in [-0.15, -0.1) is 0 Å². The molecule has 2 nitrogen and oxygen atoms in total. The highest BCUT2D eigenvalue weighted by Gasteiger charge is 2.14. The third kappa shape index (κ3) is 3.18. The Morgan fingerprint density at radius 1 is 0.875 bits per heavy atom. The van der Waals surface area contributed by atoms with Gasteiger partial charge < -0.3 is 5.73 Å². The molecule has 0 saturated carbocycles. The van der Waals surface area contributed by atoms with Gasteiger partial charge in [-0.2, -0.15) is 0 Å². The van der Waals surface area contributed by atoms with Crippen molar-refractivity contribution in [1.82, 2.24) is 0 Å². The lowest BCUT2D eigenvalue weighted by Crippen LogP contribution is -2.12. The highest BCUT2D eigenvalue weighted by Crippen LogP contribution is 2.32. The summed E-state index contributed by atoms with van der Waals surface area (Å²) in [4.78, 5) is 0. The van der Waals surface area contributed by atoms with Crippen LogP contribution in [-0.2, 0) is 11.8 Å². The molecule has 24 heavy (non-hydrogen) atoms. The SMILES string of the molecule is CC(C)(C)c1ccc(-c2cccc3c(CC(=N)N)cccc23)cc1. The van der Waals surface area contributed by atoms with Crippen molar-refractivity contribution in [3.8, 4) is 11.1 Å². The third-order valence-corrected chi connectivity index (χ3v) is 4.46. The van der Waals surface area contributed by atoms with Gasteiger partial charge in [0.05, 0.1) is 5.84 Å². The van der Waals surface area contributed by atoms with Crippen LogP contribution >= 0.6 is 0 Å². The topological polar surface area (TPSA) is 49.9 Å². The molecule has 0 spiro atoms. The third-order valence-electron chi connectivity index (χ3n) is 4.46. The van der Waals surface area contributed by atoms with E-state index in [9.17, 15) is 0 Å². The Morgan fingerprint density at radius 2 is 1.50 bits per heavy atom. The zero-order chi connectivity index (χ0) is 17.3. The standard InChI is InChI=1S/C22H24N2/c1-22(2,3)17-12-10-15(11-13-17)18-7-5-8-19-16(14-21(23)24)6-4-9-20(18)19/h4-13H,14H2,1-3H3,(H3,23,24). The summed E-state index contributed by atoms with van der Waals surface area (Å²) < 4.78 is 0. The summed E-state index contributed by atoms with van der Waals surface area (Å²) in [5.41, 5.74) is 10.6. The van der Waals surface area contributed by atoms with Crippen molar-refractivity contribution in [2.24, 2.45) is 5.73 Å². The minimum absolute atomic E-state index is 0.159. The van der Waals surface area contributed by atoms with Crippen molar-refractivity contribution in [3.05, 3.63) is 71.8 Å². The van der Waals surface area contributed by atoms with E-state index >= 15 is 0 Å². The van der Waals surface area contributed by atoms with E-state index in [0.29, 0.717) is 6.42 Å². The molecule has 0 aliphatic heterocycles. The molecule has 0 aliphatic rings. The summed E-state index contributed by atoms with van der Waals surface area (Å²) in [6.45, 7) is 6.69. The molecule has 0 radical (unpaired) electrons. The average molecular weight is 316 g/mol. The van der Waals surface area contributed by atoms with Gasteiger partial charge in [-0.25, -0.2) is 0 Å². The summed E-state index contributed by atoms with van der Waals surface area (Å²) in [6.07, 6.45) is 0.490. The monoisotopic (exact) mass is 316 g/mol. The second-order valence-corrected chi connectivity index (χ2v) is 7.35. The normalized spacial score (nSPS) is 11.6. The average Bonchev–Trinajstić information content (AvgIpc) is 2.53. The second kappa shape index (κ2) is 6.12. The number of hydrogen-bond donors (Lipinski definition) is 2. The van der Waals surface area contributed by atoms with E-state index in [-0.39, 0.29) is 11.3 Å². The number of rotatable bonds is 3. The Hall–Kier alpha value is -2.61. The smallest absolute Gasteiger partial charge is 0.0950 e. The molecule has 2 heteroatoms. The van der Waals surface area contributed by atoms with Crippen molar-refractivity contribution < 1.29 is 0 Å². The Morgan fingerprint density at radius 3 is 2.12 bits per heavy atom. The molecular weight excluding hydrogens is 292 g/mol. The highest BCUT2D eigenvalue weighted by atomic mass is 14.7. The molecular formula is C22H24N2. The molecule has 0 heterocycles. The largest absolute Gasteiger partial charge is 0.387 e. The van der Waals surface area contributed by atoms with Crippen LogP contribution in [0.3, 0.4) is 0 Å². The van der Waals surface area contributed by atoms with Gasteiger partial charge in [0.25, 0.3) is 0 Å². The molecule has 3 aromatic rings. The van der Waals surface area contributed by atoms with Crippen molar-refractivity contribution in [3.63, 3.8) is 0 Å². The summed E-state index contributed by atoms with van der Waals surface area (Å²) in [5.74, 6) is 0.197. The van der Waals surface area contributed by atoms with E-state index < -0.39 is 0 Å². The lowest BCUT2D eigenvalue weighted by Gasteiger charge is -2.19. The lowest BCUT2D eigenvalue weighted by molar-refractivity contribution is 0.590. The van der Waals surface area contributed by atoms with Gasteiger partial charge >= 0.3 is 0 Å². The van der Waals surface area contributed by atoms with E-state index in [0.717, 1.165) is 5.56 Å². The Balaban J connectivity index is 2.12. The van der Waals surface area contributed by atoms with Gasteiger partial charge in [0, 0.05) is 6.42 Å². The molecule has 3 aromatic carbocycles. The van der Waals surface area contributed by atoms with Crippen molar-refractivity contribution in [1.29, 1.82) is 5.41 Å². The van der Waals surface area contributed by atoms with Crippen LogP contribution in [0.1, 0.15) is 31.9 Å². The maximum absolute atomic E-state index is 7.58. The van der Waals surface area contributed by atoms with Gasteiger partial charge in [0.1, 0.15) is 0 Å². The zero-order valence-electron chi connectivity index (χ0n) is 14.6. The Bertz CT molecular complexity index is 884. The Kier molecular flexibility index (Phi) is 4.15. The quantitative estimate of drug-likeness (QED) is 0.501. The lowest BCUT2D eigenvalue weighted by atomic mass is 9.86. The van der Waals surface area contributed by atoms with Crippen LogP contribution in [-0.4, -0.2) is 5.84 Å². The van der Waals surface area contributed by atoms with Gasteiger partial charge in [-0.1, -0.05) is 81.4 Å². The van der Waals surface area contributed by atoms with Crippen molar-refractivity contribution >= 4 is 16.6 Å². The summed E-state index contributed by atoms with van der Waals surface area (Å²) in [5, 5.41) is 9.96. The van der Waals surface area contributed by atoms with E-state index in [2.05, 4.69) is 75.4 Å². The minimum atomic E-state index is 0.159. The molecule has 0 bridgehead atoms. The second-order valence-electron chi connectivity index (χ2n) is 7.35. The summed E-state index contributed by atoms with van der Waals surface area (Å²) in [6, 6.07) is 21.4. The maximum atomic E-state index is 7.58. The van der Waals surface area contributed by atoms with Crippen LogP contribution in [0.4, 0.5) is 0 Å². The van der Waals surface area contributed by atoms with Crippen LogP contribution in [0.5, 0.6) is 0 Å². The molecule has 0 atom stereocenters. The predicted molar refractivity (Wildman–Crippen MR) is 104 cm³/mol. The van der Waals surface area contributed by atoms with E-state index in [4.69, 9.17) is 11.1 Å².